The molecule has 0 spiro atoms. The Bertz CT molecular complexity index is 772. The monoisotopic (exact) mass is 366 g/mol. The van der Waals surface area contributed by atoms with E-state index in [1.54, 1.807) is 6.07 Å². The summed E-state index contributed by atoms with van der Waals surface area (Å²) in [7, 11) is 1.87. The first-order chi connectivity index (χ1) is 11.5. The fourth-order valence-electron chi connectivity index (χ4n) is 2.32. The van der Waals surface area contributed by atoms with Gasteiger partial charge in [-0.3, -0.25) is 0 Å². The Kier molecular flexibility index (Phi) is 5.06. The molecule has 2 aromatic carbocycles. The average molecular weight is 367 g/mol. The lowest BCUT2D eigenvalue weighted by Gasteiger charge is -2.23. The predicted molar refractivity (Wildman–Crippen MR) is 96.5 cm³/mol. The van der Waals surface area contributed by atoms with Crippen LogP contribution in [0, 0.1) is 5.82 Å². The van der Waals surface area contributed by atoms with E-state index in [0.717, 1.165) is 17.1 Å². The molecule has 126 valence electrons. The van der Waals surface area contributed by atoms with Gasteiger partial charge in [0.05, 0.1) is 5.02 Å². The van der Waals surface area contributed by atoms with Crippen molar-refractivity contribution in [2.45, 2.75) is 6.54 Å². The summed E-state index contributed by atoms with van der Waals surface area (Å²) < 4.78 is 24.3. The maximum absolute atomic E-state index is 13.2. The maximum atomic E-state index is 13.2. The third kappa shape index (κ3) is 3.88. The Balaban J connectivity index is 1.64. The van der Waals surface area contributed by atoms with Crippen molar-refractivity contribution in [2.75, 3.05) is 25.6 Å². The van der Waals surface area contributed by atoms with Gasteiger partial charge in [0.2, 0.25) is 0 Å². The molecule has 0 atom stereocenters. The second-order valence-corrected chi connectivity index (χ2v) is 6.19. The highest BCUT2D eigenvalue weighted by molar-refractivity contribution is 7.80. The molecule has 1 N–H and O–H groups in total. The lowest BCUT2D eigenvalue weighted by Crippen LogP contribution is -2.30. The van der Waals surface area contributed by atoms with Gasteiger partial charge in [-0.25, -0.2) is 4.39 Å². The molecular weight excluding hydrogens is 351 g/mol. The second-order valence-electron chi connectivity index (χ2n) is 5.39. The highest BCUT2D eigenvalue weighted by Gasteiger charge is 2.13. The number of anilines is 1. The van der Waals surface area contributed by atoms with Gasteiger partial charge in [-0.05, 0) is 48.1 Å². The van der Waals surface area contributed by atoms with Gasteiger partial charge in [-0.1, -0.05) is 17.7 Å². The van der Waals surface area contributed by atoms with Crippen LogP contribution in [0.15, 0.2) is 36.4 Å². The average Bonchev–Trinajstić information content (AvgIpc) is 2.58. The van der Waals surface area contributed by atoms with Gasteiger partial charge < -0.3 is 19.7 Å². The molecule has 1 heterocycles. The normalized spacial score (nSPS) is 12.6. The Labute approximate surface area is 150 Å². The molecule has 7 heteroatoms. The van der Waals surface area contributed by atoms with Crippen molar-refractivity contribution in [2.24, 2.45) is 0 Å². The first-order valence-electron chi connectivity index (χ1n) is 7.38. The van der Waals surface area contributed by atoms with E-state index in [0.29, 0.717) is 30.6 Å². The first-order valence-corrected chi connectivity index (χ1v) is 8.17. The molecule has 0 amide bonds. The predicted octanol–water partition coefficient (Wildman–Crippen LogP) is 4.08. The molecule has 3 rings (SSSR count). The Hall–Kier alpha value is -2.05. The number of hydrogen-bond acceptors (Lipinski definition) is 3. The minimum absolute atomic E-state index is 0.0530. The zero-order valence-electron chi connectivity index (χ0n) is 13.0. The van der Waals surface area contributed by atoms with Crippen LogP contribution >= 0.6 is 23.8 Å². The van der Waals surface area contributed by atoms with Crippen LogP contribution in [-0.4, -0.2) is 30.3 Å². The largest absolute Gasteiger partial charge is 0.486 e. The molecular formula is C17H16ClFN2O2S. The van der Waals surface area contributed by atoms with Crippen molar-refractivity contribution in [3.63, 3.8) is 0 Å². The fourth-order valence-corrected chi connectivity index (χ4v) is 2.69. The van der Waals surface area contributed by atoms with Crippen molar-refractivity contribution in [1.82, 2.24) is 4.90 Å². The molecule has 1 aliphatic heterocycles. The van der Waals surface area contributed by atoms with Crippen LogP contribution in [0.2, 0.25) is 5.02 Å². The van der Waals surface area contributed by atoms with E-state index in [2.05, 4.69) is 5.32 Å². The molecule has 0 unspecified atom stereocenters. The third-order valence-corrected chi connectivity index (χ3v) is 4.25. The molecule has 0 saturated heterocycles. The van der Waals surface area contributed by atoms with Crippen LogP contribution < -0.4 is 14.8 Å². The van der Waals surface area contributed by atoms with E-state index in [4.69, 9.17) is 33.3 Å². The van der Waals surface area contributed by atoms with Crippen LogP contribution in [0.4, 0.5) is 10.1 Å². The van der Waals surface area contributed by atoms with Crippen molar-refractivity contribution in [3.8, 4) is 11.5 Å². The third-order valence-electron chi connectivity index (χ3n) is 3.54. The van der Waals surface area contributed by atoms with Crippen molar-refractivity contribution in [1.29, 1.82) is 0 Å². The summed E-state index contributed by atoms with van der Waals surface area (Å²) in [5, 5.41) is 3.60. The fraction of sp³-hybridized carbons (Fsp3) is 0.235. The molecule has 2 aromatic rings. The standard InChI is InChI=1S/C17H16ClFN2O2S/c1-21(17(24)20-12-3-4-14(19)13(18)9-12)10-11-2-5-15-16(8-11)23-7-6-22-15/h2-5,8-9H,6-7,10H2,1H3,(H,20,24). The smallest absolute Gasteiger partial charge is 0.173 e. The number of ether oxygens (including phenoxy) is 2. The summed E-state index contributed by atoms with van der Waals surface area (Å²) in [6.45, 7) is 1.72. The zero-order chi connectivity index (χ0) is 17.1. The van der Waals surface area contributed by atoms with Crippen LogP contribution in [-0.2, 0) is 6.54 Å². The summed E-state index contributed by atoms with van der Waals surface area (Å²) in [5.74, 6) is 1.04. The van der Waals surface area contributed by atoms with Crippen LogP contribution in [0.1, 0.15) is 5.56 Å². The Morgan fingerprint density at radius 2 is 1.96 bits per heavy atom. The van der Waals surface area contributed by atoms with Gasteiger partial charge in [0, 0.05) is 19.3 Å². The number of fused-ring (bicyclic) bond motifs is 1. The van der Waals surface area contributed by atoms with E-state index < -0.39 is 5.82 Å². The van der Waals surface area contributed by atoms with Gasteiger partial charge in [-0.2, -0.15) is 0 Å². The van der Waals surface area contributed by atoms with E-state index in [-0.39, 0.29) is 5.02 Å². The number of thiocarbonyl (C=S) groups is 1. The van der Waals surface area contributed by atoms with E-state index >= 15 is 0 Å². The lowest BCUT2D eigenvalue weighted by atomic mass is 10.2. The lowest BCUT2D eigenvalue weighted by molar-refractivity contribution is 0.171. The number of benzene rings is 2. The van der Waals surface area contributed by atoms with E-state index in [1.807, 2.05) is 30.1 Å². The maximum Gasteiger partial charge on any atom is 0.173 e. The molecule has 4 nitrogen and oxygen atoms in total. The van der Waals surface area contributed by atoms with Gasteiger partial charge in [-0.15, -0.1) is 0 Å². The van der Waals surface area contributed by atoms with E-state index in [1.165, 1.54) is 12.1 Å². The SMILES string of the molecule is CN(Cc1ccc2c(c1)OCCO2)C(=S)Nc1ccc(F)c(Cl)c1. The van der Waals surface area contributed by atoms with Crippen molar-refractivity contribution in [3.05, 3.63) is 52.8 Å². The van der Waals surface area contributed by atoms with Gasteiger partial charge in [0.15, 0.2) is 16.6 Å². The summed E-state index contributed by atoms with van der Waals surface area (Å²) >= 11 is 11.2. The van der Waals surface area contributed by atoms with Gasteiger partial charge in [0.25, 0.3) is 0 Å². The van der Waals surface area contributed by atoms with Gasteiger partial charge in [0.1, 0.15) is 19.0 Å². The zero-order valence-corrected chi connectivity index (χ0v) is 14.6. The van der Waals surface area contributed by atoms with Crippen LogP contribution in [0.3, 0.4) is 0 Å². The molecule has 24 heavy (non-hydrogen) atoms. The molecule has 0 bridgehead atoms. The summed E-state index contributed by atoms with van der Waals surface area (Å²) in [6, 6.07) is 10.2. The number of rotatable bonds is 3. The number of nitrogens with zero attached hydrogens (tertiary/aromatic N) is 1. The van der Waals surface area contributed by atoms with Crippen LogP contribution in [0.5, 0.6) is 11.5 Å². The summed E-state index contributed by atoms with van der Waals surface area (Å²) in [6.07, 6.45) is 0. The molecule has 0 fully saturated rings. The minimum atomic E-state index is -0.460. The topological polar surface area (TPSA) is 33.7 Å². The van der Waals surface area contributed by atoms with Crippen molar-refractivity contribution >= 4 is 34.6 Å². The Morgan fingerprint density at radius 1 is 1.21 bits per heavy atom. The number of nitrogens with one attached hydrogen (secondary N) is 1. The molecule has 0 saturated carbocycles. The van der Waals surface area contributed by atoms with Crippen molar-refractivity contribution < 1.29 is 13.9 Å². The highest BCUT2D eigenvalue weighted by atomic mass is 35.5. The summed E-state index contributed by atoms with van der Waals surface area (Å²) in [5.41, 5.74) is 1.68. The first kappa shape index (κ1) is 16.8. The summed E-state index contributed by atoms with van der Waals surface area (Å²) in [4.78, 5) is 1.87. The molecule has 0 aromatic heterocycles. The van der Waals surface area contributed by atoms with E-state index in [9.17, 15) is 4.39 Å². The minimum Gasteiger partial charge on any atom is -0.486 e. The second kappa shape index (κ2) is 7.23. The number of hydrogen-bond donors (Lipinski definition) is 1. The Morgan fingerprint density at radius 3 is 2.71 bits per heavy atom. The quantitative estimate of drug-likeness (QED) is 0.828. The molecule has 0 radical (unpaired) electrons. The van der Waals surface area contributed by atoms with Crippen LogP contribution in [0.25, 0.3) is 0 Å². The number of halogens is 2. The van der Waals surface area contributed by atoms with Gasteiger partial charge >= 0.3 is 0 Å². The molecule has 0 aliphatic carbocycles. The highest BCUT2D eigenvalue weighted by Crippen LogP contribution is 2.31. The molecule has 1 aliphatic rings.